The molecule has 0 saturated carbocycles. The van der Waals surface area contributed by atoms with E-state index >= 15 is 0 Å². The molecule has 1 atom stereocenters. The predicted octanol–water partition coefficient (Wildman–Crippen LogP) is 2.52. The zero-order valence-corrected chi connectivity index (χ0v) is 11.6. The van der Waals surface area contributed by atoms with Gasteiger partial charge in [-0.05, 0) is 60.4 Å². The number of hydrogen-bond donors (Lipinski definition) is 0. The second-order valence-corrected chi connectivity index (χ2v) is 5.76. The van der Waals surface area contributed by atoms with E-state index in [0.29, 0.717) is 0 Å². The normalized spacial score (nSPS) is 25.7. The number of halogens is 1. The van der Waals surface area contributed by atoms with Crippen molar-refractivity contribution in [3.05, 3.63) is 22.8 Å². The summed E-state index contributed by atoms with van der Waals surface area (Å²) in [6.45, 7) is 4.88. The Balaban J connectivity index is 1.67. The molecule has 0 N–H and O–H groups in total. The highest BCUT2D eigenvalue weighted by Gasteiger charge is 2.29. The molecule has 3 heterocycles. The van der Waals surface area contributed by atoms with Crippen LogP contribution < -0.4 is 4.90 Å². The van der Waals surface area contributed by atoms with Crippen LogP contribution in [0.25, 0.3) is 0 Å². The molecule has 1 aromatic rings. The van der Waals surface area contributed by atoms with E-state index in [4.69, 9.17) is 0 Å². The van der Waals surface area contributed by atoms with Crippen LogP contribution in [0.3, 0.4) is 0 Å². The molecule has 1 unspecified atom stereocenters. The molecule has 0 spiro atoms. The van der Waals surface area contributed by atoms with Crippen LogP contribution in [0.2, 0.25) is 0 Å². The van der Waals surface area contributed by atoms with Gasteiger partial charge in [-0.1, -0.05) is 6.07 Å². The van der Waals surface area contributed by atoms with Gasteiger partial charge in [0, 0.05) is 19.1 Å². The van der Waals surface area contributed by atoms with Gasteiger partial charge in [-0.3, -0.25) is 4.90 Å². The molecule has 0 bridgehead atoms. The fourth-order valence-electron chi connectivity index (χ4n) is 2.93. The van der Waals surface area contributed by atoms with Crippen LogP contribution in [0, 0.1) is 0 Å². The maximum atomic E-state index is 4.54. The lowest BCUT2D eigenvalue weighted by atomic mass is 10.2. The van der Waals surface area contributed by atoms with E-state index in [-0.39, 0.29) is 0 Å². The first-order valence-electron chi connectivity index (χ1n) is 6.44. The van der Waals surface area contributed by atoms with Gasteiger partial charge in [0.15, 0.2) is 0 Å². The number of hydrogen-bond acceptors (Lipinski definition) is 3. The Labute approximate surface area is 111 Å². The lowest BCUT2D eigenvalue weighted by Crippen LogP contribution is -2.35. The molecule has 0 aromatic carbocycles. The highest BCUT2D eigenvalue weighted by atomic mass is 79.9. The van der Waals surface area contributed by atoms with E-state index in [0.717, 1.165) is 29.6 Å². The highest BCUT2D eigenvalue weighted by molar-refractivity contribution is 9.10. The van der Waals surface area contributed by atoms with E-state index in [1.807, 2.05) is 6.07 Å². The molecular weight excluding hydrogens is 278 g/mol. The van der Waals surface area contributed by atoms with Crippen LogP contribution in [-0.2, 0) is 0 Å². The summed E-state index contributed by atoms with van der Waals surface area (Å²) in [6.07, 6.45) is 4.05. The molecule has 3 rings (SSSR count). The van der Waals surface area contributed by atoms with Gasteiger partial charge in [0.25, 0.3) is 0 Å². The quantitative estimate of drug-likeness (QED) is 0.782. The molecule has 2 aliphatic rings. The number of rotatable bonds is 2. The third-order valence-corrected chi connectivity index (χ3v) is 4.29. The lowest BCUT2D eigenvalue weighted by Gasteiger charge is -2.24. The van der Waals surface area contributed by atoms with Gasteiger partial charge < -0.3 is 4.90 Å². The average molecular weight is 296 g/mol. The molecular formula is C13H18BrN3. The Morgan fingerprint density at radius 2 is 2.00 bits per heavy atom. The van der Waals surface area contributed by atoms with E-state index in [1.165, 1.54) is 32.4 Å². The molecule has 2 fully saturated rings. The van der Waals surface area contributed by atoms with Gasteiger partial charge in [-0.25, -0.2) is 4.98 Å². The Morgan fingerprint density at radius 1 is 1.18 bits per heavy atom. The molecule has 2 saturated heterocycles. The zero-order chi connectivity index (χ0) is 11.7. The Hall–Kier alpha value is -0.610. The summed E-state index contributed by atoms with van der Waals surface area (Å²) in [4.78, 5) is 9.60. The van der Waals surface area contributed by atoms with E-state index in [2.05, 4.69) is 42.8 Å². The van der Waals surface area contributed by atoms with Gasteiger partial charge in [0.05, 0.1) is 0 Å². The summed E-state index contributed by atoms with van der Waals surface area (Å²) in [5, 5.41) is 0. The first-order valence-corrected chi connectivity index (χ1v) is 7.24. The molecule has 92 valence electrons. The van der Waals surface area contributed by atoms with Gasteiger partial charge >= 0.3 is 0 Å². The predicted molar refractivity (Wildman–Crippen MR) is 73.4 cm³/mol. The topological polar surface area (TPSA) is 19.4 Å². The van der Waals surface area contributed by atoms with Crippen LogP contribution in [0.4, 0.5) is 5.82 Å². The van der Waals surface area contributed by atoms with Crippen molar-refractivity contribution in [2.75, 3.05) is 31.1 Å². The fourth-order valence-corrected chi connectivity index (χ4v) is 3.26. The van der Waals surface area contributed by atoms with E-state index < -0.39 is 0 Å². The van der Waals surface area contributed by atoms with Crippen molar-refractivity contribution in [3.63, 3.8) is 0 Å². The molecule has 4 heteroatoms. The first kappa shape index (κ1) is 11.5. The van der Waals surface area contributed by atoms with Crippen molar-refractivity contribution in [1.82, 2.24) is 9.88 Å². The maximum absolute atomic E-state index is 4.54. The molecule has 17 heavy (non-hydrogen) atoms. The van der Waals surface area contributed by atoms with Crippen molar-refractivity contribution in [2.24, 2.45) is 0 Å². The van der Waals surface area contributed by atoms with Crippen LogP contribution in [-0.4, -0.2) is 42.1 Å². The monoisotopic (exact) mass is 295 g/mol. The molecule has 3 nitrogen and oxygen atoms in total. The van der Waals surface area contributed by atoms with Gasteiger partial charge in [0.2, 0.25) is 0 Å². The largest absolute Gasteiger partial charge is 0.355 e. The zero-order valence-electron chi connectivity index (χ0n) is 9.98. The Kier molecular flexibility index (Phi) is 3.34. The molecule has 0 radical (unpaired) electrons. The minimum Gasteiger partial charge on any atom is -0.355 e. The second-order valence-electron chi connectivity index (χ2n) is 4.95. The van der Waals surface area contributed by atoms with Crippen molar-refractivity contribution in [3.8, 4) is 0 Å². The minimum absolute atomic E-state index is 0.748. The number of aromatic nitrogens is 1. The summed E-state index contributed by atoms with van der Waals surface area (Å²) < 4.78 is 0.930. The first-order chi connectivity index (χ1) is 8.33. The Morgan fingerprint density at radius 3 is 2.76 bits per heavy atom. The third kappa shape index (κ3) is 2.47. The minimum atomic E-state index is 0.748. The molecule has 2 aliphatic heterocycles. The number of anilines is 1. The van der Waals surface area contributed by atoms with Crippen LogP contribution in [0.5, 0.6) is 0 Å². The van der Waals surface area contributed by atoms with Crippen molar-refractivity contribution in [1.29, 1.82) is 0 Å². The summed E-state index contributed by atoms with van der Waals surface area (Å²) in [5.74, 6) is 1.11. The second kappa shape index (κ2) is 4.94. The van der Waals surface area contributed by atoms with Crippen molar-refractivity contribution >= 4 is 21.7 Å². The maximum Gasteiger partial charge on any atom is 0.129 e. The number of nitrogens with zero attached hydrogens (tertiary/aromatic N) is 3. The smallest absolute Gasteiger partial charge is 0.129 e. The van der Waals surface area contributed by atoms with Crippen molar-refractivity contribution < 1.29 is 0 Å². The fraction of sp³-hybridized carbons (Fsp3) is 0.615. The van der Waals surface area contributed by atoms with Crippen molar-refractivity contribution in [2.45, 2.75) is 25.3 Å². The average Bonchev–Trinajstić information content (AvgIpc) is 3.00. The SMILES string of the molecule is Brc1cccc(N2CCC(N3CCCC3)C2)n1. The third-order valence-electron chi connectivity index (χ3n) is 3.84. The highest BCUT2D eigenvalue weighted by Crippen LogP contribution is 2.24. The molecule has 1 aromatic heterocycles. The van der Waals surface area contributed by atoms with Gasteiger partial charge in [-0.15, -0.1) is 0 Å². The summed E-state index contributed by atoms with van der Waals surface area (Å²) in [5.41, 5.74) is 0. The standard InChI is InChI=1S/C13H18BrN3/c14-12-4-3-5-13(15-12)17-9-6-11(10-17)16-7-1-2-8-16/h3-5,11H,1-2,6-10H2. The molecule has 0 aliphatic carbocycles. The molecule has 0 amide bonds. The summed E-state index contributed by atoms with van der Waals surface area (Å²) in [6, 6.07) is 6.91. The van der Waals surface area contributed by atoms with E-state index in [1.54, 1.807) is 0 Å². The van der Waals surface area contributed by atoms with Gasteiger partial charge in [0.1, 0.15) is 10.4 Å². The lowest BCUT2D eigenvalue weighted by molar-refractivity contribution is 0.260. The van der Waals surface area contributed by atoms with Crippen LogP contribution >= 0.6 is 15.9 Å². The van der Waals surface area contributed by atoms with Crippen LogP contribution in [0.15, 0.2) is 22.8 Å². The summed E-state index contributed by atoms with van der Waals surface area (Å²) in [7, 11) is 0. The number of pyridine rings is 1. The Bertz CT molecular complexity index is 390. The van der Waals surface area contributed by atoms with Gasteiger partial charge in [-0.2, -0.15) is 0 Å². The van der Waals surface area contributed by atoms with Crippen LogP contribution in [0.1, 0.15) is 19.3 Å². The summed E-state index contributed by atoms with van der Waals surface area (Å²) >= 11 is 3.44. The number of likely N-dealkylation sites (tertiary alicyclic amines) is 1. The van der Waals surface area contributed by atoms with E-state index in [9.17, 15) is 0 Å².